The number of benzene rings is 2. The Hall–Kier alpha value is -3.56. The van der Waals surface area contributed by atoms with Crippen LogP contribution in [0.15, 0.2) is 46.0 Å². The van der Waals surface area contributed by atoms with Gasteiger partial charge in [0, 0.05) is 12.1 Å². The van der Waals surface area contributed by atoms with Crippen LogP contribution in [0.4, 0.5) is 18.9 Å². The van der Waals surface area contributed by atoms with E-state index in [-0.39, 0.29) is 35.7 Å². The van der Waals surface area contributed by atoms with Crippen LogP contribution in [0.5, 0.6) is 5.75 Å². The number of hydrogen-bond acceptors (Lipinski definition) is 4. The van der Waals surface area contributed by atoms with Gasteiger partial charge in [0.05, 0.1) is 28.9 Å². The Morgan fingerprint density at radius 3 is 2.52 bits per heavy atom. The number of ether oxygens (including phenoxy) is 1. The second-order valence-electron chi connectivity index (χ2n) is 6.75. The van der Waals surface area contributed by atoms with Crippen LogP contribution in [0.3, 0.4) is 0 Å². The van der Waals surface area contributed by atoms with E-state index in [4.69, 9.17) is 4.74 Å². The van der Waals surface area contributed by atoms with Gasteiger partial charge in [-0.15, -0.1) is 0 Å². The maximum Gasteiger partial charge on any atom is 0.416 e. The van der Waals surface area contributed by atoms with Crippen molar-refractivity contribution in [3.8, 4) is 5.75 Å². The number of fused-ring (bicyclic) bond motifs is 1. The molecular formula is C21H20F3N3O4. The van der Waals surface area contributed by atoms with Gasteiger partial charge in [0.25, 0.3) is 5.91 Å². The molecule has 2 aromatic carbocycles. The number of H-pyrrole nitrogens is 1. The fourth-order valence-electron chi connectivity index (χ4n) is 3.07. The smallest absolute Gasteiger partial charge is 0.416 e. The minimum absolute atomic E-state index is 0.0864. The Kier molecular flexibility index (Phi) is 6.19. The topological polar surface area (TPSA) is 93.2 Å². The number of aromatic nitrogens is 2. The van der Waals surface area contributed by atoms with E-state index in [0.29, 0.717) is 11.9 Å². The molecule has 0 aliphatic heterocycles. The van der Waals surface area contributed by atoms with E-state index in [0.717, 1.165) is 18.2 Å². The summed E-state index contributed by atoms with van der Waals surface area (Å²) in [5.74, 6) is -0.588. The van der Waals surface area contributed by atoms with Crippen LogP contribution in [-0.4, -0.2) is 22.1 Å². The van der Waals surface area contributed by atoms with E-state index in [1.54, 1.807) is 6.92 Å². The normalized spacial score (nSPS) is 11.5. The molecule has 0 aliphatic rings. The predicted octanol–water partition coefficient (Wildman–Crippen LogP) is 3.77. The summed E-state index contributed by atoms with van der Waals surface area (Å²) in [5, 5.41) is 2.44. The second kappa shape index (κ2) is 8.66. The van der Waals surface area contributed by atoms with Crippen molar-refractivity contribution < 1.29 is 22.7 Å². The van der Waals surface area contributed by atoms with Crippen molar-refractivity contribution in [1.29, 1.82) is 0 Å². The fraction of sp³-hybridized carbons (Fsp3) is 0.286. The molecule has 31 heavy (non-hydrogen) atoms. The Bertz CT molecular complexity index is 1250. The fourth-order valence-corrected chi connectivity index (χ4v) is 3.07. The van der Waals surface area contributed by atoms with Crippen LogP contribution in [0.25, 0.3) is 11.0 Å². The number of nitrogens with one attached hydrogen (secondary N) is 2. The highest BCUT2D eigenvalue weighted by Gasteiger charge is 2.31. The molecule has 0 saturated carbocycles. The minimum atomic E-state index is -4.59. The molecule has 1 aromatic heterocycles. The molecule has 0 bridgehead atoms. The van der Waals surface area contributed by atoms with Gasteiger partial charge >= 0.3 is 17.3 Å². The van der Waals surface area contributed by atoms with Gasteiger partial charge < -0.3 is 19.6 Å². The number of nitrogens with zero attached hydrogens (tertiary/aromatic N) is 1. The number of aryl methyl sites for hydroxylation is 1. The van der Waals surface area contributed by atoms with Gasteiger partial charge in [-0.3, -0.25) is 14.4 Å². The molecule has 7 nitrogen and oxygen atoms in total. The SMILES string of the molecule is CCCOc1ccc(C(F)(F)F)cc1NC(=O)c1ccc2c(c1)[nH]c(=O)c(=O)n2CC. The summed E-state index contributed by atoms with van der Waals surface area (Å²) in [6, 6.07) is 7.11. The molecule has 3 rings (SSSR count). The maximum absolute atomic E-state index is 13.1. The molecule has 0 aliphatic carbocycles. The summed E-state index contributed by atoms with van der Waals surface area (Å²) >= 11 is 0. The molecule has 10 heteroatoms. The standard InChI is InChI=1S/C21H20F3N3O4/c1-3-9-31-17-8-6-13(21(22,23)24)11-15(17)26-18(28)12-5-7-16-14(10-12)25-19(29)20(30)27(16)4-2/h5-8,10-11H,3-4,9H2,1-2H3,(H,25,29)(H,26,28). The highest BCUT2D eigenvalue weighted by atomic mass is 19.4. The number of carbonyl (C=O) groups excluding carboxylic acids is 1. The third kappa shape index (κ3) is 4.62. The summed E-state index contributed by atoms with van der Waals surface area (Å²) < 4.78 is 46.1. The van der Waals surface area contributed by atoms with Crippen LogP contribution in [-0.2, 0) is 12.7 Å². The summed E-state index contributed by atoms with van der Waals surface area (Å²) in [4.78, 5) is 39.0. The number of anilines is 1. The first kappa shape index (κ1) is 22.1. The van der Waals surface area contributed by atoms with E-state index in [1.165, 1.54) is 22.8 Å². The second-order valence-corrected chi connectivity index (χ2v) is 6.75. The predicted molar refractivity (Wildman–Crippen MR) is 110 cm³/mol. The number of rotatable bonds is 6. The Morgan fingerprint density at radius 2 is 1.87 bits per heavy atom. The van der Waals surface area contributed by atoms with Crippen molar-refractivity contribution in [3.63, 3.8) is 0 Å². The van der Waals surface area contributed by atoms with E-state index in [9.17, 15) is 27.6 Å². The maximum atomic E-state index is 13.1. The van der Waals surface area contributed by atoms with Crippen molar-refractivity contribution in [2.24, 2.45) is 0 Å². The van der Waals surface area contributed by atoms with Gasteiger partial charge in [0.15, 0.2) is 0 Å². The van der Waals surface area contributed by atoms with Crippen molar-refractivity contribution in [3.05, 3.63) is 68.2 Å². The summed E-state index contributed by atoms with van der Waals surface area (Å²) in [5.41, 5.74) is -1.83. The van der Waals surface area contributed by atoms with Crippen LogP contribution < -0.4 is 21.2 Å². The summed E-state index contributed by atoms with van der Waals surface area (Å²) in [6.45, 7) is 4.06. The Labute approximate surface area is 174 Å². The molecule has 0 unspecified atom stereocenters. The lowest BCUT2D eigenvalue weighted by atomic mass is 10.1. The molecule has 0 saturated heterocycles. The van der Waals surface area contributed by atoms with Crippen molar-refractivity contribution in [1.82, 2.24) is 9.55 Å². The molecular weight excluding hydrogens is 415 g/mol. The Morgan fingerprint density at radius 1 is 1.13 bits per heavy atom. The zero-order valence-electron chi connectivity index (χ0n) is 16.8. The first-order valence-electron chi connectivity index (χ1n) is 9.58. The zero-order valence-corrected chi connectivity index (χ0v) is 16.8. The molecule has 1 heterocycles. The summed E-state index contributed by atoms with van der Waals surface area (Å²) in [6.07, 6.45) is -3.96. The first-order valence-corrected chi connectivity index (χ1v) is 9.58. The van der Waals surface area contributed by atoms with E-state index in [1.807, 2.05) is 6.92 Å². The number of amides is 1. The van der Waals surface area contributed by atoms with Gasteiger partial charge in [-0.25, -0.2) is 0 Å². The average Bonchev–Trinajstić information content (AvgIpc) is 2.72. The first-order chi connectivity index (χ1) is 14.7. The van der Waals surface area contributed by atoms with Gasteiger partial charge in [-0.1, -0.05) is 6.92 Å². The number of aromatic amines is 1. The lowest BCUT2D eigenvalue weighted by molar-refractivity contribution is -0.137. The molecule has 0 fully saturated rings. The minimum Gasteiger partial charge on any atom is -0.491 e. The number of hydrogen-bond donors (Lipinski definition) is 2. The molecule has 3 aromatic rings. The molecule has 0 spiro atoms. The number of halogens is 3. The zero-order chi connectivity index (χ0) is 22.8. The van der Waals surface area contributed by atoms with Crippen LogP contribution in [0, 0.1) is 0 Å². The Balaban J connectivity index is 2.00. The van der Waals surface area contributed by atoms with Crippen LogP contribution in [0.2, 0.25) is 0 Å². The van der Waals surface area contributed by atoms with Gasteiger partial charge in [-0.05, 0) is 49.7 Å². The van der Waals surface area contributed by atoms with E-state index < -0.39 is 28.8 Å². The highest BCUT2D eigenvalue weighted by molar-refractivity contribution is 6.06. The van der Waals surface area contributed by atoms with Gasteiger partial charge in [-0.2, -0.15) is 13.2 Å². The van der Waals surface area contributed by atoms with Crippen LogP contribution in [0.1, 0.15) is 36.2 Å². The number of alkyl halides is 3. The largest absolute Gasteiger partial charge is 0.491 e. The molecule has 0 radical (unpaired) electrons. The van der Waals surface area contributed by atoms with Gasteiger partial charge in [0.2, 0.25) is 0 Å². The average molecular weight is 435 g/mol. The van der Waals surface area contributed by atoms with Crippen molar-refractivity contribution >= 4 is 22.6 Å². The van der Waals surface area contributed by atoms with E-state index in [2.05, 4.69) is 10.3 Å². The number of carbonyl (C=O) groups is 1. The molecule has 1 amide bonds. The van der Waals surface area contributed by atoms with Gasteiger partial charge in [0.1, 0.15) is 5.75 Å². The third-order valence-electron chi connectivity index (χ3n) is 4.57. The lowest BCUT2D eigenvalue weighted by Gasteiger charge is -2.15. The van der Waals surface area contributed by atoms with Crippen molar-refractivity contribution in [2.75, 3.05) is 11.9 Å². The highest BCUT2D eigenvalue weighted by Crippen LogP contribution is 2.35. The monoisotopic (exact) mass is 435 g/mol. The van der Waals surface area contributed by atoms with Crippen LogP contribution >= 0.6 is 0 Å². The third-order valence-corrected chi connectivity index (χ3v) is 4.57. The summed E-state index contributed by atoms with van der Waals surface area (Å²) in [7, 11) is 0. The molecule has 0 atom stereocenters. The quantitative estimate of drug-likeness (QED) is 0.577. The molecule has 164 valence electrons. The lowest BCUT2D eigenvalue weighted by Crippen LogP contribution is -2.36. The van der Waals surface area contributed by atoms with E-state index >= 15 is 0 Å². The molecule has 2 N–H and O–H groups in total. The van der Waals surface area contributed by atoms with Crippen molar-refractivity contribution in [2.45, 2.75) is 33.0 Å².